The number of nitrogens with one attached hydrogen (secondary N) is 1. The number of rotatable bonds is 2. The van der Waals surface area contributed by atoms with Crippen LogP contribution in [0.3, 0.4) is 0 Å². The average molecular weight is 246 g/mol. The number of hydrogen-bond donors (Lipinski definition) is 1. The van der Waals surface area contributed by atoms with Crippen LogP contribution >= 0.6 is 0 Å². The first-order valence-corrected chi connectivity index (χ1v) is 6.11. The van der Waals surface area contributed by atoms with Crippen molar-refractivity contribution in [3.05, 3.63) is 29.3 Å². The molecule has 1 aromatic carbocycles. The minimum atomic E-state index is -0.0752. The number of carbonyl (C=O) groups excluding carboxylic acids is 2. The second-order valence-electron chi connectivity index (χ2n) is 4.86. The van der Waals surface area contributed by atoms with Crippen LogP contribution in [0.2, 0.25) is 0 Å². The van der Waals surface area contributed by atoms with Gasteiger partial charge in [0.05, 0.1) is 5.92 Å². The fourth-order valence-electron chi connectivity index (χ4n) is 2.02. The van der Waals surface area contributed by atoms with E-state index in [1.54, 1.807) is 4.90 Å². The summed E-state index contributed by atoms with van der Waals surface area (Å²) in [5.74, 6) is -0.0409. The van der Waals surface area contributed by atoms with E-state index in [1.165, 1.54) is 6.92 Å². The molecule has 2 rings (SSSR count). The Bertz CT molecular complexity index is 491. The Morgan fingerprint density at radius 1 is 1.28 bits per heavy atom. The molecular formula is C14H18N2O2. The summed E-state index contributed by atoms with van der Waals surface area (Å²) in [6, 6.07) is 5.86. The van der Waals surface area contributed by atoms with Crippen molar-refractivity contribution in [2.24, 2.45) is 5.92 Å². The van der Waals surface area contributed by atoms with Crippen LogP contribution in [0.25, 0.3) is 0 Å². The van der Waals surface area contributed by atoms with Crippen molar-refractivity contribution in [3.8, 4) is 0 Å². The average Bonchev–Trinajstić information content (AvgIpc) is 2.22. The van der Waals surface area contributed by atoms with Crippen LogP contribution in [-0.4, -0.2) is 29.8 Å². The Morgan fingerprint density at radius 2 is 1.94 bits per heavy atom. The van der Waals surface area contributed by atoms with Gasteiger partial charge in [0.1, 0.15) is 0 Å². The van der Waals surface area contributed by atoms with Crippen LogP contribution in [0.5, 0.6) is 0 Å². The summed E-state index contributed by atoms with van der Waals surface area (Å²) in [5, 5.41) is 2.94. The molecule has 1 aromatic rings. The van der Waals surface area contributed by atoms with Gasteiger partial charge in [-0.15, -0.1) is 0 Å². The quantitative estimate of drug-likeness (QED) is 0.863. The molecule has 0 atom stereocenters. The van der Waals surface area contributed by atoms with Gasteiger partial charge in [0.15, 0.2) is 0 Å². The fourth-order valence-corrected chi connectivity index (χ4v) is 2.02. The minimum Gasteiger partial charge on any atom is -0.341 e. The van der Waals surface area contributed by atoms with E-state index in [9.17, 15) is 9.59 Å². The number of carbonyl (C=O) groups is 2. The molecule has 4 heteroatoms. The highest BCUT2D eigenvalue weighted by molar-refractivity contribution is 5.95. The largest absolute Gasteiger partial charge is 0.341 e. The standard InChI is InChI=1S/C14H18N2O2/c1-9-5-4-6-13(10(9)2)15-14(18)12-7-16(8-12)11(3)17/h4-6,12H,7-8H2,1-3H3,(H,15,18). The van der Waals surface area contributed by atoms with Crippen molar-refractivity contribution in [1.29, 1.82) is 0 Å². The molecule has 1 aliphatic heterocycles. The maximum absolute atomic E-state index is 12.0. The number of likely N-dealkylation sites (tertiary alicyclic amines) is 1. The number of nitrogens with zero attached hydrogens (tertiary/aromatic N) is 1. The predicted octanol–water partition coefficient (Wildman–Crippen LogP) is 1.72. The zero-order chi connectivity index (χ0) is 13.3. The summed E-state index contributed by atoms with van der Waals surface area (Å²) < 4.78 is 0. The van der Waals surface area contributed by atoms with E-state index in [-0.39, 0.29) is 17.7 Å². The Labute approximate surface area is 107 Å². The smallest absolute Gasteiger partial charge is 0.231 e. The monoisotopic (exact) mass is 246 g/mol. The van der Waals surface area contributed by atoms with E-state index >= 15 is 0 Å². The third kappa shape index (κ3) is 2.37. The van der Waals surface area contributed by atoms with Crippen LogP contribution in [0.1, 0.15) is 18.1 Å². The Balaban J connectivity index is 1.97. The molecule has 0 bridgehead atoms. The van der Waals surface area contributed by atoms with E-state index in [4.69, 9.17) is 0 Å². The van der Waals surface area contributed by atoms with Crippen LogP contribution in [0.15, 0.2) is 18.2 Å². The summed E-state index contributed by atoms with van der Waals surface area (Å²) in [6.07, 6.45) is 0. The molecule has 4 nitrogen and oxygen atoms in total. The topological polar surface area (TPSA) is 49.4 Å². The van der Waals surface area contributed by atoms with Gasteiger partial charge in [-0.1, -0.05) is 12.1 Å². The van der Waals surface area contributed by atoms with E-state index in [0.717, 1.165) is 16.8 Å². The van der Waals surface area contributed by atoms with Gasteiger partial charge in [-0.3, -0.25) is 9.59 Å². The van der Waals surface area contributed by atoms with Crippen LogP contribution < -0.4 is 5.32 Å². The molecule has 18 heavy (non-hydrogen) atoms. The number of hydrogen-bond acceptors (Lipinski definition) is 2. The van der Waals surface area contributed by atoms with Gasteiger partial charge >= 0.3 is 0 Å². The summed E-state index contributed by atoms with van der Waals surface area (Å²) in [5.41, 5.74) is 3.11. The lowest BCUT2D eigenvalue weighted by Gasteiger charge is -2.37. The fraction of sp³-hybridized carbons (Fsp3) is 0.429. The highest BCUT2D eigenvalue weighted by Gasteiger charge is 2.34. The molecule has 2 amide bonds. The summed E-state index contributed by atoms with van der Waals surface area (Å²) in [7, 11) is 0. The molecule has 0 saturated carbocycles. The third-order valence-electron chi connectivity index (χ3n) is 3.56. The van der Waals surface area contributed by atoms with Crippen molar-refractivity contribution in [2.75, 3.05) is 18.4 Å². The number of aryl methyl sites for hydroxylation is 1. The summed E-state index contributed by atoms with van der Waals surface area (Å²) >= 11 is 0. The van der Waals surface area contributed by atoms with E-state index in [1.807, 2.05) is 32.0 Å². The third-order valence-corrected chi connectivity index (χ3v) is 3.56. The van der Waals surface area contributed by atoms with Gasteiger partial charge in [-0.2, -0.15) is 0 Å². The van der Waals surface area contributed by atoms with Gasteiger partial charge in [0.2, 0.25) is 11.8 Å². The summed E-state index contributed by atoms with van der Waals surface area (Å²) in [4.78, 5) is 24.7. The predicted molar refractivity (Wildman–Crippen MR) is 70.3 cm³/mol. The highest BCUT2D eigenvalue weighted by atomic mass is 16.2. The van der Waals surface area contributed by atoms with Crippen LogP contribution in [0.4, 0.5) is 5.69 Å². The van der Waals surface area contributed by atoms with Gasteiger partial charge in [0, 0.05) is 25.7 Å². The van der Waals surface area contributed by atoms with Gasteiger partial charge in [-0.05, 0) is 31.0 Å². The Kier molecular flexibility index (Phi) is 3.36. The number of benzene rings is 1. The van der Waals surface area contributed by atoms with Crippen molar-refractivity contribution in [1.82, 2.24) is 4.90 Å². The van der Waals surface area contributed by atoms with Crippen molar-refractivity contribution in [2.45, 2.75) is 20.8 Å². The van der Waals surface area contributed by atoms with Crippen molar-refractivity contribution >= 4 is 17.5 Å². The SMILES string of the molecule is CC(=O)N1CC(C(=O)Nc2cccc(C)c2C)C1. The van der Waals surface area contributed by atoms with Crippen molar-refractivity contribution < 1.29 is 9.59 Å². The zero-order valence-corrected chi connectivity index (χ0v) is 11.0. The molecule has 0 spiro atoms. The molecule has 0 unspecified atom stereocenters. The van der Waals surface area contributed by atoms with Crippen LogP contribution in [-0.2, 0) is 9.59 Å². The first-order valence-electron chi connectivity index (χ1n) is 6.11. The minimum absolute atomic E-state index is 0.00111. The first-order chi connectivity index (χ1) is 8.49. The highest BCUT2D eigenvalue weighted by Crippen LogP contribution is 2.21. The second-order valence-corrected chi connectivity index (χ2v) is 4.86. The molecule has 0 aliphatic carbocycles. The summed E-state index contributed by atoms with van der Waals surface area (Å²) in [6.45, 7) is 6.61. The van der Waals surface area contributed by atoms with E-state index < -0.39 is 0 Å². The molecule has 1 N–H and O–H groups in total. The lowest BCUT2D eigenvalue weighted by atomic mass is 9.98. The molecule has 96 valence electrons. The lowest BCUT2D eigenvalue weighted by Crippen LogP contribution is -2.53. The molecular weight excluding hydrogens is 228 g/mol. The normalized spacial score (nSPS) is 15.2. The van der Waals surface area contributed by atoms with Crippen molar-refractivity contribution in [3.63, 3.8) is 0 Å². The number of amides is 2. The maximum atomic E-state index is 12.0. The molecule has 1 fully saturated rings. The van der Waals surface area contributed by atoms with Gasteiger partial charge < -0.3 is 10.2 Å². The first kappa shape index (κ1) is 12.6. The molecule has 0 radical (unpaired) electrons. The molecule has 1 saturated heterocycles. The Morgan fingerprint density at radius 3 is 2.56 bits per heavy atom. The zero-order valence-electron chi connectivity index (χ0n) is 11.0. The molecule has 1 heterocycles. The molecule has 1 aliphatic rings. The lowest BCUT2D eigenvalue weighted by molar-refractivity contribution is -0.139. The Hall–Kier alpha value is -1.84. The second kappa shape index (κ2) is 4.80. The maximum Gasteiger partial charge on any atom is 0.231 e. The number of anilines is 1. The van der Waals surface area contributed by atoms with Gasteiger partial charge in [-0.25, -0.2) is 0 Å². The molecule has 0 aromatic heterocycles. The van der Waals surface area contributed by atoms with E-state index in [2.05, 4.69) is 5.32 Å². The van der Waals surface area contributed by atoms with E-state index in [0.29, 0.717) is 13.1 Å². The van der Waals surface area contributed by atoms with Crippen LogP contribution in [0, 0.1) is 19.8 Å². The van der Waals surface area contributed by atoms with Gasteiger partial charge in [0.25, 0.3) is 0 Å².